The molecule has 0 aliphatic heterocycles. The summed E-state index contributed by atoms with van der Waals surface area (Å²) in [6.45, 7) is 0.333. The number of primary amides is 1. The van der Waals surface area contributed by atoms with Crippen molar-refractivity contribution in [3.63, 3.8) is 0 Å². The number of hydrogen-bond donors (Lipinski definition) is 4. The molecule has 166 valence electrons. The van der Waals surface area contributed by atoms with E-state index >= 15 is 0 Å². The number of ether oxygens (including phenoxy) is 1. The summed E-state index contributed by atoms with van der Waals surface area (Å²) in [5.74, 6) is 0.00692. The second-order valence-electron chi connectivity index (χ2n) is 7.72. The molecule has 0 heterocycles. The highest BCUT2D eigenvalue weighted by Crippen LogP contribution is 2.36. The van der Waals surface area contributed by atoms with Gasteiger partial charge in [0.05, 0.1) is 24.9 Å². The van der Waals surface area contributed by atoms with E-state index in [9.17, 15) is 20.1 Å². The van der Waals surface area contributed by atoms with Gasteiger partial charge in [0.25, 0.3) is 0 Å². The summed E-state index contributed by atoms with van der Waals surface area (Å²) in [4.78, 5) is 10.7. The van der Waals surface area contributed by atoms with Gasteiger partial charge in [-0.2, -0.15) is 0 Å². The monoisotopic (exact) mass is 437 g/mol. The molecule has 5 unspecified atom stereocenters. The van der Waals surface area contributed by atoms with Crippen molar-refractivity contribution in [3.8, 4) is 5.75 Å². The van der Waals surface area contributed by atoms with Gasteiger partial charge in [-0.05, 0) is 43.4 Å². The maximum absolute atomic E-state index is 10.7. The van der Waals surface area contributed by atoms with Crippen LogP contribution in [0.25, 0.3) is 0 Å². The first-order chi connectivity index (χ1) is 14.4. The zero-order valence-electron chi connectivity index (χ0n) is 17.1. The first-order valence-corrected chi connectivity index (χ1v) is 10.8. The first-order valence-electron chi connectivity index (χ1n) is 10.4. The van der Waals surface area contributed by atoms with Crippen molar-refractivity contribution in [1.29, 1.82) is 0 Å². The van der Waals surface area contributed by atoms with Gasteiger partial charge in [-0.15, -0.1) is 0 Å². The largest absolute Gasteiger partial charge is 0.493 e. The number of hydrogen-bond acceptors (Lipinski definition) is 5. The van der Waals surface area contributed by atoms with Crippen molar-refractivity contribution in [1.82, 2.24) is 0 Å². The molecule has 1 saturated carbocycles. The Bertz CT molecular complexity index is 723. The summed E-state index contributed by atoms with van der Waals surface area (Å²) in [5.41, 5.74) is 5.12. The molecular weight excluding hydrogens is 406 g/mol. The third-order valence-corrected chi connectivity index (χ3v) is 5.55. The summed E-state index contributed by atoms with van der Waals surface area (Å²) in [6.07, 6.45) is 8.64. The van der Waals surface area contributed by atoms with Gasteiger partial charge in [-0.3, -0.25) is 4.79 Å². The van der Waals surface area contributed by atoms with Crippen LogP contribution in [0.5, 0.6) is 5.75 Å². The van der Waals surface area contributed by atoms with Gasteiger partial charge in [0.2, 0.25) is 5.91 Å². The summed E-state index contributed by atoms with van der Waals surface area (Å²) < 4.78 is 5.58. The molecule has 1 fully saturated rings. The van der Waals surface area contributed by atoms with Crippen molar-refractivity contribution >= 4 is 17.5 Å². The predicted molar refractivity (Wildman–Crippen MR) is 117 cm³/mol. The highest BCUT2D eigenvalue weighted by Gasteiger charge is 2.39. The number of carbonyl (C=O) groups is 1. The molecule has 7 heteroatoms. The number of amides is 1. The zero-order chi connectivity index (χ0) is 21.9. The molecule has 1 aliphatic rings. The molecule has 0 radical (unpaired) electrons. The van der Waals surface area contributed by atoms with Crippen LogP contribution in [0.2, 0.25) is 5.02 Å². The van der Waals surface area contributed by atoms with Crippen LogP contribution < -0.4 is 10.5 Å². The lowest BCUT2D eigenvalue weighted by Crippen LogP contribution is -2.20. The highest BCUT2D eigenvalue weighted by atomic mass is 35.5. The molecule has 1 amide bonds. The molecule has 30 heavy (non-hydrogen) atoms. The number of allylic oxidation sites excluding steroid dienone is 2. The molecular formula is C23H32ClNO5. The number of rotatable bonds is 12. The van der Waals surface area contributed by atoms with Crippen LogP contribution in [-0.4, -0.2) is 46.1 Å². The third kappa shape index (κ3) is 8.48. The lowest BCUT2D eigenvalue weighted by molar-refractivity contribution is -0.118. The molecule has 1 aliphatic carbocycles. The minimum Gasteiger partial charge on any atom is -0.493 e. The number of benzene rings is 1. The molecule has 5 atom stereocenters. The van der Waals surface area contributed by atoms with Gasteiger partial charge < -0.3 is 25.8 Å². The van der Waals surface area contributed by atoms with Crippen LogP contribution in [-0.2, 0) is 4.79 Å². The minimum atomic E-state index is -0.709. The van der Waals surface area contributed by atoms with E-state index in [1.807, 2.05) is 12.2 Å². The smallest absolute Gasteiger partial charge is 0.217 e. The third-order valence-electron chi connectivity index (χ3n) is 5.32. The van der Waals surface area contributed by atoms with E-state index in [-0.39, 0.29) is 17.7 Å². The number of aliphatic hydroxyl groups is 3. The number of halogens is 1. The Balaban J connectivity index is 1.78. The summed E-state index contributed by atoms with van der Waals surface area (Å²) in [6, 6.07) is 7.08. The maximum Gasteiger partial charge on any atom is 0.217 e. The summed E-state index contributed by atoms with van der Waals surface area (Å²) >= 11 is 5.91. The minimum absolute atomic E-state index is 0.112. The van der Waals surface area contributed by atoms with E-state index in [4.69, 9.17) is 22.1 Å². The van der Waals surface area contributed by atoms with Crippen molar-refractivity contribution in [2.24, 2.45) is 17.6 Å². The van der Waals surface area contributed by atoms with Crippen molar-refractivity contribution in [2.75, 3.05) is 6.61 Å². The first kappa shape index (κ1) is 24.4. The fourth-order valence-electron chi connectivity index (χ4n) is 3.68. The average molecular weight is 438 g/mol. The Labute approximate surface area is 183 Å². The van der Waals surface area contributed by atoms with Gasteiger partial charge >= 0.3 is 0 Å². The fraction of sp³-hybridized carbons (Fsp3) is 0.522. The molecule has 0 saturated heterocycles. The van der Waals surface area contributed by atoms with Gasteiger partial charge in [0.1, 0.15) is 5.75 Å². The normalized spacial score (nSPS) is 25.2. The lowest BCUT2D eigenvalue weighted by Gasteiger charge is -2.19. The van der Waals surface area contributed by atoms with E-state index < -0.39 is 18.3 Å². The van der Waals surface area contributed by atoms with Crippen molar-refractivity contribution < 1.29 is 24.9 Å². The van der Waals surface area contributed by atoms with E-state index in [1.165, 1.54) is 0 Å². The standard InChI is InChI=1S/C23H32ClNO5/c24-16-6-5-7-18(14-16)30-13-12-17(26)10-11-20-19(21(27)15-22(20)28)8-3-1-2-4-9-23(25)29/h1,3,5-7,10-11,14,17,19-22,26-28H,2,4,8-9,12-13,15H2,(H2,25,29)/b3-1+,11-10+. The Hall–Kier alpha value is -1.86. The lowest BCUT2D eigenvalue weighted by atomic mass is 9.89. The van der Waals surface area contributed by atoms with E-state index in [0.29, 0.717) is 49.5 Å². The van der Waals surface area contributed by atoms with Crippen LogP contribution in [0.4, 0.5) is 0 Å². The Morgan fingerprint density at radius 1 is 1.30 bits per heavy atom. The Morgan fingerprint density at radius 2 is 2.10 bits per heavy atom. The number of unbranched alkanes of at least 4 members (excludes halogenated alkanes) is 1. The van der Waals surface area contributed by atoms with E-state index in [2.05, 4.69) is 0 Å². The van der Waals surface area contributed by atoms with Crippen molar-refractivity contribution in [3.05, 3.63) is 53.6 Å². The Morgan fingerprint density at radius 3 is 2.83 bits per heavy atom. The van der Waals surface area contributed by atoms with E-state index in [0.717, 1.165) is 6.42 Å². The fourth-order valence-corrected chi connectivity index (χ4v) is 3.86. The molecule has 5 N–H and O–H groups in total. The molecule has 1 aromatic carbocycles. The van der Waals surface area contributed by atoms with Gasteiger partial charge in [-0.25, -0.2) is 0 Å². The van der Waals surface area contributed by atoms with E-state index in [1.54, 1.807) is 36.4 Å². The number of carbonyl (C=O) groups excluding carboxylic acids is 1. The molecule has 0 bridgehead atoms. The number of aliphatic hydroxyl groups excluding tert-OH is 3. The van der Waals surface area contributed by atoms with Crippen LogP contribution in [0.3, 0.4) is 0 Å². The number of nitrogens with two attached hydrogens (primary N) is 1. The second kappa shape index (κ2) is 12.7. The van der Waals surface area contributed by atoms with Crippen LogP contribution >= 0.6 is 11.6 Å². The molecule has 6 nitrogen and oxygen atoms in total. The van der Waals surface area contributed by atoms with Crippen molar-refractivity contribution in [2.45, 2.75) is 56.8 Å². The molecule has 1 aromatic rings. The summed E-state index contributed by atoms with van der Waals surface area (Å²) in [7, 11) is 0. The maximum atomic E-state index is 10.7. The van der Waals surface area contributed by atoms with Gasteiger partial charge in [0.15, 0.2) is 0 Å². The van der Waals surface area contributed by atoms with Gasteiger partial charge in [0, 0.05) is 30.2 Å². The molecule has 2 rings (SSSR count). The quantitative estimate of drug-likeness (QED) is 0.296. The molecule has 0 aromatic heterocycles. The average Bonchev–Trinajstić information content (AvgIpc) is 2.95. The second-order valence-corrected chi connectivity index (χ2v) is 8.16. The topological polar surface area (TPSA) is 113 Å². The SMILES string of the molecule is NC(=O)CCC/C=C/CC1C(O)CC(O)C1/C=C/C(O)CCOc1cccc(Cl)c1. The van der Waals surface area contributed by atoms with Gasteiger partial charge in [-0.1, -0.05) is 42.0 Å². The van der Waals surface area contributed by atoms with Crippen LogP contribution in [0, 0.1) is 11.8 Å². The van der Waals surface area contributed by atoms with Crippen LogP contribution in [0.15, 0.2) is 48.6 Å². The van der Waals surface area contributed by atoms with Crippen LogP contribution in [0.1, 0.15) is 38.5 Å². The molecule has 0 spiro atoms. The summed E-state index contributed by atoms with van der Waals surface area (Å²) in [5, 5.41) is 31.4. The predicted octanol–water partition coefficient (Wildman–Crippen LogP) is 2.99. The zero-order valence-corrected chi connectivity index (χ0v) is 17.8. The highest BCUT2D eigenvalue weighted by molar-refractivity contribution is 6.30. The Kier molecular flexibility index (Phi) is 10.4.